The van der Waals surface area contributed by atoms with Crippen LogP contribution in [0.1, 0.15) is 46.5 Å². The van der Waals surface area contributed by atoms with Crippen LogP contribution in [0.4, 0.5) is 0 Å². The molecule has 0 aromatic rings. The van der Waals surface area contributed by atoms with Crippen molar-refractivity contribution < 1.29 is 4.79 Å². The number of hydrogen-bond donors (Lipinski definition) is 1. The summed E-state index contributed by atoms with van der Waals surface area (Å²) in [5.41, 5.74) is 3.30. The monoisotopic (exact) mass is 200 g/mol. The first-order valence-corrected chi connectivity index (χ1v) is 5.68. The highest BCUT2D eigenvalue weighted by molar-refractivity contribution is 5.77. The fraction of sp³-hybridized carbons (Fsp3) is 0.909. The second-order valence-corrected chi connectivity index (χ2v) is 3.74. The van der Waals surface area contributed by atoms with Crippen LogP contribution in [0.3, 0.4) is 0 Å². The van der Waals surface area contributed by atoms with Gasteiger partial charge in [-0.3, -0.25) is 10.2 Å². The molecule has 3 heteroatoms. The molecule has 84 valence electrons. The van der Waals surface area contributed by atoms with Crippen LogP contribution in [0.25, 0.3) is 0 Å². The quantitative estimate of drug-likeness (QED) is 0.456. The van der Waals surface area contributed by atoms with E-state index in [1.165, 1.54) is 19.3 Å². The standard InChI is InChI=1S/C11H24N2O/c1-4-6-8-12-13(9-7-5-2)10-11(3)14/h12H,4-10H2,1-3H3. The Labute approximate surface area is 87.8 Å². The molecule has 0 aliphatic heterocycles. The number of carbonyl (C=O) groups is 1. The molecule has 14 heavy (non-hydrogen) atoms. The fourth-order valence-corrected chi connectivity index (χ4v) is 1.25. The Bertz CT molecular complexity index is 148. The molecule has 0 atom stereocenters. The summed E-state index contributed by atoms with van der Waals surface area (Å²) < 4.78 is 0. The molecule has 0 aromatic carbocycles. The highest BCUT2D eigenvalue weighted by atomic mass is 16.1. The first kappa shape index (κ1) is 13.6. The maximum Gasteiger partial charge on any atom is 0.145 e. The Hall–Kier alpha value is -0.410. The lowest BCUT2D eigenvalue weighted by Crippen LogP contribution is -2.42. The molecule has 0 unspecified atom stereocenters. The number of Topliss-reactive ketones (excluding diaryl/α,β-unsaturated/α-hetero) is 1. The van der Waals surface area contributed by atoms with Crippen molar-refractivity contribution in [3.05, 3.63) is 0 Å². The Morgan fingerprint density at radius 3 is 2.36 bits per heavy atom. The molecule has 0 radical (unpaired) electrons. The molecular weight excluding hydrogens is 176 g/mol. The van der Waals surface area contributed by atoms with Crippen LogP contribution in [-0.2, 0) is 4.79 Å². The maximum absolute atomic E-state index is 11.0. The lowest BCUT2D eigenvalue weighted by Gasteiger charge is -2.21. The van der Waals surface area contributed by atoms with Gasteiger partial charge in [0.2, 0.25) is 0 Å². The summed E-state index contributed by atoms with van der Waals surface area (Å²) in [6.45, 7) is 8.46. The van der Waals surface area contributed by atoms with Crippen LogP contribution in [0.5, 0.6) is 0 Å². The third-order valence-electron chi connectivity index (χ3n) is 2.06. The molecule has 0 saturated heterocycles. The summed E-state index contributed by atoms with van der Waals surface area (Å²) in [6.07, 6.45) is 4.67. The van der Waals surface area contributed by atoms with E-state index >= 15 is 0 Å². The smallest absolute Gasteiger partial charge is 0.145 e. The molecule has 0 aliphatic carbocycles. The number of hydrazine groups is 1. The molecule has 0 saturated carbocycles. The van der Waals surface area contributed by atoms with E-state index in [4.69, 9.17) is 0 Å². The minimum atomic E-state index is 0.227. The molecule has 0 aromatic heterocycles. The predicted octanol–water partition coefficient (Wildman–Crippen LogP) is 1.98. The summed E-state index contributed by atoms with van der Waals surface area (Å²) in [7, 11) is 0. The molecule has 0 spiro atoms. The first-order chi connectivity index (χ1) is 6.70. The van der Waals surface area contributed by atoms with Gasteiger partial charge in [-0.05, 0) is 19.8 Å². The van der Waals surface area contributed by atoms with Gasteiger partial charge in [0.1, 0.15) is 5.78 Å². The van der Waals surface area contributed by atoms with Crippen LogP contribution >= 0.6 is 0 Å². The van der Waals surface area contributed by atoms with Gasteiger partial charge in [-0.2, -0.15) is 0 Å². The van der Waals surface area contributed by atoms with E-state index in [-0.39, 0.29) is 5.78 Å². The van der Waals surface area contributed by atoms with Gasteiger partial charge in [-0.1, -0.05) is 26.7 Å². The van der Waals surface area contributed by atoms with Crippen LogP contribution in [0, 0.1) is 0 Å². The van der Waals surface area contributed by atoms with E-state index in [1.807, 2.05) is 5.01 Å². The zero-order chi connectivity index (χ0) is 10.8. The van der Waals surface area contributed by atoms with Gasteiger partial charge in [-0.25, -0.2) is 5.01 Å². The van der Waals surface area contributed by atoms with Crippen molar-refractivity contribution in [2.45, 2.75) is 46.5 Å². The number of unbranched alkanes of at least 4 members (excludes halogenated alkanes) is 2. The van der Waals surface area contributed by atoms with Gasteiger partial charge in [0, 0.05) is 13.1 Å². The van der Waals surface area contributed by atoms with Crippen molar-refractivity contribution in [1.29, 1.82) is 0 Å². The van der Waals surface area contributed by atoms with Crippen molar-refractivity contribution in [2.75, 3.05) is 19.6 Å². The van der Waals surface area contributed by atoms with Gasteiger partial charge in [0.05, 0.1) is 6.54 Å². The van der Waals surface area contributed by atoms with Crippen LogP contribution in [0.2, 0.25) is 0 Å². The van der Waals surface area contributed by atoms with E-state index in [1.54, 1.807) is 6.92 Å². The SMILES string of the molecule is CCCCNN(CCCC)CC(C)=O. The zero-order valence-corrected chi connectivity index (χ0v) is 9.81. The Morgan fingerprint density at radius 2 is 1.86 bits per heavy atom. The molecule has 0 heterocycles. The molecule has 0 amide bonds. The highest BCUT2D eigenvalue weighted by Gasteiger charge is 2.05. The second kappa shape index (κ2) is 9.16. The van der Waals surface area contributed by atoms with Crippen LogP contribution < -0.4 is 5.43 Å². The average molecular weight is 200 g/mol. The molecule has 0 rings (SSSR count). The van der Waals surface area contributed by atoms with Crippen LogP contribution in [0.15, 0.2) is 0 Å². The largest absolute Gasteiger partial charge is 0.299 e. The molecule has 0 aliphatic rings. The van der Waals surface area contributed by atoms with E-state index in [2.05, 4.69) is 19.3 Å². The Kier molecular flexibility index (Phi) is 8.89. The van der Waals surface area contributed by atoms with Crippen molar-refractivity contribution in [2.24, 2.45) is 0 Å². The average Bonchev–Trinajstić information content (AvgIpc) is 2.13. The lowest BCUT2D eigenvalue weighted by atomic mass is 10.3. The van der Waals surface area contributed by atoms with Crippen molar-refractivity contribution in [3.8, 4) is 0 Å². The zero-order valence-electron chi connectivity index (χ0n) is 9.81. The summed E-state index contributed by atoms with van der Waals surface area (Å²) >= 11 is 0. The minimum absolute atomic E-state index is 0.227. The fourth-order valence-electron chi connectivity index (χ4n) is 1.25. The van der Waals surface area contributed by atoms with Crippen molar-refractivity contribution in [3.63, 3.8) is 0 Å². The van der Waals surface area contributed by atoms with Gasteiger partial charge in [0.15, 0.2) is 0 Å². The van der Waals surface area contributed by atoms with Gasteiger partial charge >= 0.3 is 0 Å². The number of carbonyl (C=O) groups excluding carboxylic acids is 1. The first-order valence-electron chi connectivity index (χ1n) is 5.68. The third kappa shape index (κ3) is 8.20. The topological polar surface area (TPSA) is 32.3 Å². The minimum Gasteiger partial charge on any atom is -0.299 e. The third-order valence-corrected chi connectivity index (χ3v) is 2.06. The molecule has 0 bridgehead atoms. The number of rotatable bonds is 9. The summed E-state index contributed by atoms with van der Waals surface area (Å²) in [5, 5.41) is 2.04. The molecule has 3 nitrogen and oxygen atoms in total. The van der Waals surface area contributed by atoms with Crippen molar-refractivity contribution in [1.82, 2.24) is 10.4 Å². The number of hydrogen-bond acceptors (Lipinski definition) is 3. The highest BCUT2D eigenvalue weighted by Crippen LogP contribution is 1.93. The van der Waals surface area contributed by atoms with E-state index < -0.39 is 0 Å². The number of nitrogens with one attached hydrogen (secondary N) is 1. The Balaban J connectivity index is 3.66. The van der Waals surface area contributed by atoms with E-state index in [9.17, 15) is 4.79 Å². The van der Waals surface area contributed by atoms with Crippen molar-refractivity contribution >= 4 is 5.78 Å². The van der Waals surface area contributed by atoms with Gasteiger partial charge in [-0.15, -0.1) is 0 Å². The van der Waals surface area contributed by atoms with E-state index in [0.29, 0.717) is 6.54 Å². The Morgan fingerprint density at radius 1 is 1.21 bits per heavy atom. The summed E-state index contributed by atoms with van der Waals surface area (Å²) in [5.74, 6) is 0.227. The van der Waals surface area contributed by atoms with Gasteiger partial charge in [0.25, 0.3) is 0 Å². The lowest BCUT2D eigenvalue weighted by molar-refractivity contribution is -0.118. The van der Waals surface area contributed by atoms with E-state index in [0.717, 1.165) is 19.5 Å². The number of ketones is 1. The summed E-state index contributed by atoms with van der Waals surface area (Å²) in [6, 6.07) is 0. The normalized spacial score (nSPS) is 10.9. The maximum atomic E-state index is 11.0. The van der Waals surface area contributed by atoms with Gasteiger partial charge < -0.3 is 0 Å². The number of nitrogens with zero attached hydrogens (tertiary/aromatic N) is 1. The molecule has 0 fully saturated rings. The second-order valence-electron chi connectivity index (χ2n) is 3.74. The van der Waals surface area contributed by atoms with Crippen LogP contribution in [-0.4, -0.2) is 30.4 Å². The summed E-state index contributed by atoms with van der Waals surface area (Å²) in [4.78, 5) is 11.0. The predicted molar refractivity (Wildman–Crippen MR) is 60.1 cm³/mol. The molecular formula is C11H24N2O. The molecule has 1 N–H and O–H groups in total.